The first-order valence-electron chi connectivity index (χ1n) is 5.16. The highest BCUT2D eigenvalue weighted by Crippen LogP contribution is 2.18. The Morgan fingerprint density at radius 1 is 1.67 bits per heavy atom. The average Bonchev–Trinajstić information content (AvgIpc) is 2.36. The van der Waals surface area contributed by atoms with Crippen molar-refractivity contribution in [3.63, 3.8) is 0 Å². The zero-order valence-electron chi connectivity index (χ0n) is 9.60. The molecule has 0 aliphatic heterocycles. The third kappa shape index (κ3) is 3.41. The molecule has 1 amide bonds. The molecule has 0 saturated carbocycles. The van der Waals surface area contributed by atoms with Gasteiger partial charge < -0.3 is 15.4 Å². The third-order valence-electron chi connectivity index (χ3n) is 2.11. The standard InChI is InChI=1S/C11H14N2O3S2/c1-2-7-9(15)8(10(16)13-6-17)5-12-11(7)18-4-3-14/h2,5,14,17H,1,3-4,6H2,(H,12,15)(H,13,16). The molecule has 0 bridgehead atoms. The Balaban J connectivity index is 3.16. The van der Waals surface area contributed by atoms with Crippen LogP contribution >= 0.6 is 24.4 Å². The van der Waals surface area contributed by atoms with Gasteiger partial charge in [0.2, 0.25) is 5.43 Å². The smallest absolute Gasteiger partial charge is 0.257 e. The third-order valence-corrected chi connectivity index (χ3v) is 3.28. The van der Waals surface area contributed by atoms with Crippen molar-refractivity contribution in [1.82, 2.24) is 10.3 Å². The molecule has 0 saturated heterocycles. The Bertz CT molecular complexity index is 500. The second-order valence-corrected chi connectivity index (χ2v) is 4.64. The van der Waals surface area contributed by atoms with Crippen LogP contribution in [-0.4, -0.2) is 34.2 Å². The van der Waals surface area contributed by atoms with Gasteiger partial charge in [0.05, 0.1) is 23.1 Å². The second kappa shape index (κ2) is 7.30. The Morgan fingerprint density at radius 2 is 2.39 bits per heavy atom. The average molecular weight is 286 g/mol. The molecule has 0 spiro atoms. The Labute approximate surface area is 114 Å². The van der Waals surface area contributed by atoms with Crippen LogP contribution in [0.4, 0.5) is 0 Å². The lowest BCUT2D eigenvalue weighted by Gasteiger charge is -2.07. The zero-order valence-corrected chi connectivity index (χ0v) is 11.3. The Hall–Kier alpha value is -1.18. The number of carbonyl (C=O) groups is 1. The van der Waals surface area contributed by atoms with E-state index >= 15 is 0 Å². The molecular weight excluding hydrogens is 272 g/mol. The Kier molecular flexibility index (Phi) is 6.03. The van der Waals surface area contributed by atoms with E-state index in [2.05, 4.69) is 29.5 Å². The highest BCUT2D eigenvalue weighted by molar-refractivity contribution is 7.99. The quantitative estimate of drug-likeness (QED) is 0.353. The minimum Gasteiger partial charge on any atom is -0.396 e. The van der Waals surface area contributed by atoms with Crippen LogP contribution in [0.2, 0.25) is 0 Å². The number of thioether (sulfide) groups is 1. The summed E-state index contributed by atoms with van der Waals surface area (Å²) >= 11 is 5.16. The summed E-state index contributed by atoms with van der Waals surface area (Å²) in [6, 6.07) is 0. The summed E-state index contributed by atoms with van der Waals surface area (Å²) < 4.78 is 0. The van der Waals surface area contributed by atoms with Gasteiger partial charge in [-0.2, -0.15) is 12.6 Å². The van der Waals surface area contributed by atoms with E-state index in [0.717, 1.165) is 0 Å². The molecule has 1 heterocycles. The van der Waals surface area contributed by atoms with Gasteiger partial charge in [0.15, 0.2) is 0 Å². The van der Waals surface area contributed by atoms with Crippen molar-refractivity contribution < 1.29 is 9.90 Å². The molecule has 0 atom stereocenters. The first-order valence-corrected chi connectivity index (χ1v) is 6.78. The van der Waals surface area contributed by atoms with Crippen LogP contribution in [0.1, 0.15) is 15.9 Å². The summed E-state index contributed by atoms with van der Waals surface area (Å²) in [5.41, 5.74) is -0.0314. The number of amides is 1. The molecule has 7 heteroatoms. The molecule has 0 aromatic carbocycles. The molecule has 1 rings (SSSR count). The number of aromatic amines is 1. The predicted octanol–water partition coefficient (Wildman–Crippen LogP) is 0.719. The number of pyridine rings is 1. The number of hydrogen-bond acceptors (Lipinski definition) is 5. The summed E-state index contributed by atoms with van der Waals surface area (Å²) in [5, 5.41) is 11.8. The van der Waals surface area contributed by atoms with Crippen molar-refractivity contribution in [2.75, 3.05) is 18.2 Å². The topological polar surface area (TPSA) is 82.2 Å². The lowest BCUT2D eigenvalue weighted by molar-refractivity contribution is 0.0959. The molecule has 1 aromatic heterocycles. The van der Waals surface area contributed by atoms with E-state index in [1.54, 1.807) is 0 Å². The Morgan fingerprint density at radius 3 is 2.94 bits per heavy atom. The molecule has 0 fully saturated rings. The number of H-pyrrole nitrogens is 1. The van der Waals surface area contributed by atoms with E-state index in [9.17, 15) is 9.59 Å². The second-order valence-electron chi connectivity index (χ2n) is 3.21. The first kappa shape index (κ1) is 14.9. The van der Waals surface area contributed by atoms with Gasteiger partial charge >= 0.3 is 0 Å². The van der Waals surface area contributed by atoms with Gasteiger partial charge in [0, 0.05) is 11.9 Å². The normalized spacial score (nSPS) is 10.1. The molecule has 5 nitrogen and oxygen atoms in total. The molecule has 18 heavy (non-hydrogen) atoms. The molecule has 0 radical (unpaired) electrons. The molecule has 0 aliphatic carbocycles. The van der Waals surface area contributed by atoms with Crippen LogP contribution < -0.4 is 10.7 Å². The van der Waals surface area contributed by atoms with E-state index in [1.807, 2.05) is 0 Å². The fraction of sp³-hybridized carbons (Fsp3) is 0.273. The summed E-state index contributed by atoms with van der Waals surface area (Å²) in [7, 11) is 0. The molecule has 1 aromatic rings. The minimum absolute atomic E-state index is 0.00513. The highest BCUT2D eigenvalue weighted by atomic mass is 32.2. The monoisotopic (exact) mass is 286 g/mol. The van der Waals surface area contributed by atoms with Crippen molar-refractivity contribution >= 4 is 36.4 Å². The SMILES string of the molecule is C=Cc1c(SCCO)[nH]cc(C(=O)NCS)c1=O. The molecular formula is C11H14N2O3S2. The number of aromatic nitrogens is 1. The van der Waals surface area contributed by atoms with Gasteiger partial charge in [0.1, 0.15) is 5.56 Å². The van der Waals surface area contributed by atoms with Gasteiger partial charge in [-0.05, 0) is 0 Å². The van der Waals surface area contributed by atoms with Gasteiger partial charge in [-0.15, -0.1) is 11.8 Å². The molecule has 0 unspecified atom stereocenters. The fourth-order valence-electron chi connectivity index (χ4n) is 1.32. The van der Waals surface area contributed by atoms with E-state index in [-0.39, 0.29) is 23.5 Å². The maximum atomic E-state index is 12.0. The lowest BCUT2D eigenvalue weighted by atomic mass is 10.2. The highest BCUT2D eigenvalue weighted by Gasteiger charge is 2.14. The van der Waals surface area contributed by atoms with Gasteiger partial charge in [0.25, 0.3) is 5.91 Å². The van der Waals surface area contributed by atoms with Crippen LogP contribution in [0, 0.1) is 0 Å². The number of aliphatic hydroxyl groups excluding tert-OH is 1. The first-order chi connectivity index (χ1) is 8.65. The number of thiol groups is 1. The van der Waals surface area contributed by atoms with E-state index in [4.69, 9.17) is 5.11 Å². The lowest BCUT2D eigenvalue weighted by Crippen LogP contribution is -2.29. The largest absolute Gasteiger partial charge is 0.396 e. The van der Waals surface area contributed by atoms with E-state index < -0.39 is 5.91 Å². The summed E-state index contributed by atoms with van der Waals surface area (Å²) in [4.78, 5) is 26.5. The van der Waals surface area contributed by atoms with Crippen LogP contribution in [-0.2, 0) is 0 Å². The van der Waals surface area contributed by atoms with Crippen molar-refractivity contribution in [3.05, 3.63) is 34.1 Å². The van der Waals surface area contributed by atoms with Crippen molar-refractivity contribution in [1.29, 1.82) is 0 Å². The van der Waals surface area contributed by atoms with E-state index in [0.29, 0.717) is 16.3 Å². The van der Waals surface area contributed by atoms with Crippen molar-refractivity contribution in [3.8, 4) is 0 Å². The summed E-state index contributed by atoms with van der Waals surface area (Å²) in [6.45, 7) is 3.57. The minimum atomic E-state index is -0.479. The van der Waals surface area contributed by atoms with Crippen LogP contribution in [0.15, 0.2) is 22.6 Å². The van der Waals surface area contributed by atoms with Crippen LogP contribution in [0.3, 0.4) is 0 Å². The predicted molar refractivity (Wildman–Crippen MR) is 76.3 cm³/mol. The molecule has 3 N–H and O–H groups in total. The number of hydrogen-bond donors (Lipinski definition) is 4. The van der Waals surface area contributed by atoms with Gasteiger partial charge in [-0.1, -0.05) is 12.7 Å². The number of rotatable bonds is 6. The maximum absolute atomic E-state index is 12.0. The van der Waals surface area contributed by atoms with Crippen LogP contribution in [0.25, 0.3) is 6.08 Å². The summed E-state index contributed by atoms with van der Waals surface area (Å²) in [6.07, 6.45) is 2.75. The van der Waals surface area contributed by atoms with Gasteiger partial charge in [-0.25, -0.2) is 0 Å². The number of aliphatic hydroxyl groups is 1. The molecule has 0 aliphatic rings. The maximum Gasteiger partial charge on any atom is 0.257 e. The fourth-order valence-corrected chi connectivity index (χ4v) is 2.23. The van der Waals surface area contributed by atoms with Crippen molar-refractivity contribution in [2.24, 2.45) is 0 Å². The van der Waals surface area contributed by atoms with Crippen molar-refractivity contribution in [2.45, 2.75) is 5.03 Å². The van der Waals surface area contributed by atoms with E-state index in [1.165, 1.54) is 24.0 Å². The number of nitrogens with one attached hydrogen (secondary N) is 2. The van der Waals surface area contributed by atoms with Gasteiger partial charge in [-0.3, -0.25) is 9.59 Å². The zero-order chi connectivity index (χ0) is 13.5. The summed E-state index contributed by atoms with van der Waals surface area (Å²) in [5.74, 6) is 0.134. The number of carbonyl (C=O) groups excluding carboxylic acids is 1. The van der Waals surface area contributed by atoms with Crippen LogP contribution in [0.5, 0.6) is 0 Å². The molecule has 98 valence electrons.